The minimum absolute atomic E-state index is 0.0932. The summed E-state index contributed by atoms with van der Waals surface area (Å²) in [6.45, 7) is 5.99. The van der Waals surface area contributed by atoms with E-state index in [0.29, 0.717) is 11.1 Å². The average molecular weight is 279 g/mol. The van der Waals surface area contributed by atoms with Crippen molar-refractivity contribution in [2.45, 2.75) is 20.8 Å². The molecule has 0 amide bonds. The first-order valence-corrected chi connectivity index (χ1v) is 6.67. The molecule has 2 rings (SSSR count). The quantitative estimate of drug-likeness (QED) is 0.790. The van der Waals surface area contributed by atoms with Crippen molar-refractivity contribution >= 4 is 12.0 Å². The summed E-state index contributed by atoms with van der Waals surface area (Å²) < 4.78 is 1.47. The molecule has 1 aromatic heterocycles. The Balaban J connectivity index is 2.43. The van der Waals surface area contributed by atoms with E-state index in [1.165, 1.54) is 10.9 Å². The van der Waals surface area contributed by atoms with E-state index in [-0.39, 0.29) is 11.3 Å². The van der Waals surface area contributed by atoms with Crippen molar-refractivity contribution in [3.8, 4) is 6.07 Å². The number of carbonyl (C=O) groups excluding carboxylic acids is 1. The van der Waals surface area contributed by atoms with Gasteiger partial charge in [0.05, 0.1) is 11.6 Å². The number of nitrogens with zero attached hydrogens (tertiary/aromatic N) is 3. The van der Waals surface area contributed by atoms with Crippen LogP contribution in [0.15, 0.2) is 48.6 Å². The zero-order valence-corrected chi connectivity index (χ0v) is 12.4. The summed E-state index contributed by atoms with van der Waals surface area (Å²) in [7, 11) is 0. The molecular formula is C17H17N3O. The number of benzene rings is 1. The molecule has 0 N–H and O–H groups in total. The van der Waals surface area contributed by atoms with Crippen molar-refractivity contribution in [3.63, 3.8) is 0 Å². The second-order valence-corrected chi connectivity index (χ2v) is 5.82. The molecule has 0 atom stereocenters. The van der Waals surface area contributed by atoms with Crippen LogP contribution in [0.1, 0.15) is 36.7 Å². The molecule has 0 saturated heterocycles. The van der Waals surface area contributed by atoms with Crippen LogP contribution in [0.3, 0.4) is 0 Å². The molecule has 4 nitrogen and oxygen atoms in total. The van der Waals surface area contributed by atoms with Crippen LogP contribution in [0.5, 0.6) is 0 Å². The highest BCUT2D eigenvalue weighted by Crippen LogP contribution is 2.28. The first-order chi connectivity index (χ1) is 9.91. The highest BCUT2D eigenvalue weighted by molar-refractivity contribution is 6.00. The predicted octanol–water partition coefficient (Wildman–Crippen LogP) is 3.52. The van der Waals surface area contributed by atoms with Gasteiger partial charge in [0.2, 0.25) is 0 Å². The Hall–Kier alpha value is -2.67. The van der Waals surface area contributed by atoms with Gasteiger partial charge in [0, 0.05) is 18.0 Å². The van der Waals surface area contributed by atoms with E-state index in [2.05, 4.69) is 11.1 Å². The van der Waals surface area contributed by atoms with Crippen LogP contribution in [-0.2, 0) is 0 Å². The minimum atomic E-state index is -0.296. The molecular weight excluding hydrogens is 262 g/mol. The number of nitriles is 1. The summed E-state index contributed by atoms with van der Waals surface area (Å²) in [4.78, 5) is 16.5. The standard InChI is InChI=1S/C17H17N3O/c1-17(2,3)15(16(21)20-9-8-19-12-20)10-13-4-6-14(11-18)7-5-13/h4-10,12H,1-3H3/b15-10+. The predicted molar refractivity (Wildman–Crippen MR) is 81.4 cm³/mol. The molecule has 0 radical (unpaired) electrons. The van der Waals surface area contributed by atoms with E-state index < -0.39 is 0 Å². The van der Waals surface area contributed by atoms with E-state index in [9.17, 15) is 4.79 Å². The third-order valence-corrected chi connectivity index (χ3v) is 3.13. The van der Waals surface area contributed by atoms with Gasteiger partial charge in [-0.1, -0.05) is 32.9 Å². The fraction of sp³-hybridized carbons (Fsp3) is 0.235. The molecule has 2 aromatic rings. The highest BCUT2D eigenvalue weighted by Gasteiger charge is 2.24. The Kier molecular flexibility index (Phi) is 4.04. The summed E-state index contributed by atoms with van der Waals surface area (Å²) in [6.07, 6.45) is 6.59. The first-order valence-electron chi connectivity index (χ1n) is 6.67. The largest absolute Gasteiger partial charge is 0.273 e. The number of allylic oxidation sites excluding steroid dienone is 1. The van der Waals surface area contributed by atoms with Gasteiger partial charge in [-0.05, 0) is 29.2 Å². The number of imidazole rings is 1. The van der Waals surface area contributed by atoms with Crippen molar-refractivity contribution in [1.82, 2.24) is 9.55 Å². The van der Waals surface area contributed by atoms with Gasteiger partial charge in [0.1, 0.15) is 6.33 Å². The Morgan fingerprint density at radius 3 is 2.43 bits per heavy atom. The molecule has 106 valence electrons. The lowest BCUT2D eigenvalue weighted by Gasteiger charge is -2.22. The first kappa shape index (κ1) is 14.7. The molecule has 1 aromatic carbocycles. The summed E-state index contributed by atoms with van der Waals surface area (Å²) in [5.74, 6) is -0.0932. The van der Waals surface area contributed by atoms with Gasteiger partial charge >= 0.3 is 0 Å². The van der Waals surface area contributed by atoms with E-state index in [1.54, 1.807) is 24.5 Å². The molecule has 4 heteroatoms. The Morgan fingerprint density at radius 1 is 1.29 bits per heavy atom. The van der Waals surface area contributed by atoms with Crippen molar-refractivity contribution < 1.29 is 4.79 Å². The third-order valence-electron chi connectivity index (χ3n) is 3.13. The third kappa shape index (κ3) is 3.46. The molecule has 0 saturated carbocycles. The number of carbonyl (C=O) groups is 1. The number of aromatic nitrogens is 2. The Morgan fingerprint density at radius 2 is 1.95 bits per heavy atom. The van der Waals surface area contributed by atoms with E-state index >= 15 is 0 Å². The van der Waals surface area contributed by atoms with E-state index in [4.69, 9.17) is 5.26 Å². The van der Waals surface area contributed by atoms with Crippen LogP contribution < -0.4 is 0 Å². The van der Waals surface area contributed by atoms with Gasteiger partial charge in [0.15, 0.2) is 0 Å². The number of rotatable bonds is 2. The van der Waals surface area contributed by atoms with Crippen LogP contribution in [0.4, 0.5) is 0 Å². The lowest BCUT2D eigenvalue weighted by molar-refractivity contribution is 0.0935. The maximum absolute atomic E-state index is 12.6. The Labute approximate surface area is 124 Å². The van der Waals surface area contributed by atoms with Gasteiger partial charge in [-0.2, -0.15) is 5.26 Å². The average Bonchev–Trinajstić information content (AvgIpc) is 2.97. The van der Waals surface area contributed by atoms with E-state index in [1.807, 2.05) is 39.0 Å². The lowest BCUT2D eigenvalue weighted by atomic mass is 9.84. The van der Waals surface area contributed by atoms with Gasteiger partial charge < -0.3 is 0 Å². The van der Waals surface area contributed by atoms with Crippen molar-refractivity contribution in [3.05, 3.63) is 59.7 Å². The van der Waals surface area contributed by atoms with Gasteiger partial charge in [-0.15, -0.1) is 0 Å². The van der Waals surface area contributed by atoms with Crippen molar-refractivity contribution in [2.75, 3.05) is 0 Å². The molecule has 0 aliphatic rings. The summed E-state index contributed by atoms with van der Waals surface area (Å²) >= 11 is 0. The molecule has 0 bridgehead atoms. The summed E-state index contributed by atoms with van der Waals surface area (Å²) in [5.41, 5.74) is 1.89. The van der Waals surface area contributed by atoms with Crippen LogP contribution >= 0.6 is 0 Å². The van der Waals surface area contributed by atoms with Crippen LogP contribution in [0.2, 0.25) is 0 Å². The fourth-order valence-corrected chi connectivity index (χ4v) is 1.94. The molecule has 0 aliphatic carbocycles. The zero-order chi connectivity index (χ0) is 15.5. The molecule has 0 aliphatic heterocycles. The molecule has 1 heterocycles. The smallest absolute Gasteiger partial charge is 0.259 e. The molecule has 21 heavy (non-hydrogen) atoms. The second-order valence-electron chi connectivity index (χ2n) is 5.82. The zero-order valence-electron chi connectivity index (χ0n) is 12.4. The second kappa shape index (κ2) is 5.76. The highest BCUT2D eigenvalue weighted by atomic mass is 16.2. The van der Waals surface area contributed by atoms with Crippen LogP contribution in [0.25, 0.3) is 6.08 Å². The maximum atomic E-state index is 12.6. The topological polar surface area (TPSA) is 58.7 Å². The number of hydrogen-bond acceptors (Lipinski definition) is 3. The van der Waals surface area contributed by atoms with Crippen molar-refractivity contribution in [1.29, 1.82) is 5.26 Å². The number of hydrogen-bond donors (Lipinski definition) is 0. The van der Waals surface area contributed by atoms with E-state index in [0.717, 1.165) is 5.56 Å². The van der Waals surface area contributed by atoms with Crippen molar-refractivity contribution in [2.24, 2.45) is 5.41 Å². The normalized spacial score (nSPS) is 12.0. The molecule has 0 unspecified atom stereocenters. The van der Waals surface area contributed by atoms with Gasteiger partial charge in [0.25, 0.3) is 5.91 Å². The molecule has 0 fully saturated rings. The monoisotopic (exact) mass is 279 g/mol. The SMILES string of the molecule is CC(C)(C)/C(=C/c1ccc(C#N)cc1)C(=O)n1ccnc1. The van der Waals surface area contributed by atoms with Gasteiger partial charge in [-0.25, -0.2) is 4.98 Å². The fourth-order valence-electron chi connectivity index (χ4n) is 1.94. The summed E-state index contributed by atoms with van der Waals surface area (Å²) in [5, 5.41) is 8.82. The maximum Gasteiger partial charge on any atom is 0.259 e. The van der Waals surface area contributed by atoms with Gasteiger partial charge in [-0.3, -0.25) is 9.36 Å². The molecule has 0 spiro atoms. The Bertz CT molecular complexity index is 696. The van der Waals surface area contributed by atoms with Crippen LogP contribution in [0, 0.1) is 16.7 Å². The van der Waals surface area contributed by atoms with Crippen LogP contribution in [-0.4, -0.2) is 15.5 Å². The minimum Gasteiger partial charge on any atom is -0.273 e. The summed E-state index contributed by atoms with van der Waals surface area (Å²) in [6, 6.07) is 9.25. The lowest BCUT2D eigenvalue weighted by Crippen LogP contribution is -2.22.